The highest BCUT2D eigenvalue weighted by molar-refractivity contribution is 9.10. The molecule has 0 aliphatic heterocycles. The van der Waals surface area contributed by atoms with E-state index in [0.717, 1.165) is 4.31 Å². The van der Waals surface area contributed by atoms with Crippen LogP contribution in [-0.4, -0.2) is 35.1 Å². The second-order valence-corrected chi connectivity index (χ2v) is 9.20. The van der Waals surface area contributed by atoms with Gasteiger partial charge in [0.15, 0.2) is 0 Å². The lowest BCUT2D eigenvalue weighted by Gasteiger charge is -2.24. The minimum atomic E-state index is -3.98. The van der Waals surface area contributed by atoms with E-state index in [9.17, 15) is 13.2 Å². The largest absolute Gasteiger partial charge is 0.497 e. The summed E-state index contributed by atoms with van der Waals surface area (Å²) in [5.74, 6) is 0.438. The predicted molar refractivity (Wildman–Crippen MR) is 123 cm³/mol. The first kappa shape index (κ1) is 22.6. The van der Waals surface area contributed by atoms with Crippen molar-refractivity contribution >= 4 is 43.2 Å². The maximum absolute atomic E-state index is 13.3. The van der Waals surface area contributed by atoms with E-state index in [4.69, 9.17) is 9.47 Å². The van der Waals surface area contributed by atoms with Crippen molar-refractivity contribution in [3.05, 3.63) is 77.3 Å². The number of nitrogens with one attached hydrogen (secondary N) is 1. The topological polar surface area (TPSA) is 84.9 Å². The van der Waals surface area contributed by atoms with E-state index in [1.807, 2.05) is 0 Å². The van der Waals surface area contributed by atoms with Crippen molar-refractivity contribution in [1.29, 1.82) is 0 Å². The van der Waals surface area contributed by atoms with Crippen LogP contribution < -0.4 is 19.1 Å². The van der Waals surface area contributed by atoms with Crippen LogP contribution in [0.1, 0.15) is 0 Å². The molecule has 31 heavy (non-hydrogen) atoms. The van der Waals surface area contributed by atoms with Crippen LogP contribution in [0, 0.1) is 0 Å². The molecule has 0 aromatic heterocycles. The Bertz CT molecular complexity index is 1170. The Morgan fingerprint density at radius 1 is 0.968 bits per heavy atom. The molecule has 0 atom stereocenters. The van der Waals surface area contributed by atoms with E-state index in [2.05, 4.69) is 21.2 Å². The Balaban J connectivity index is 1.93. The fourth-order valence-corrected chi connectivity index (χ4v) is 4.71. The molecule has 7 nitrogen and oxygen atoms in total. The first-order valence-corrected chi connectivity index (χ1v) is 11.4. The summed E-state index contributed by atoms with van der Waals surface area (Å²) in [6.07, 6.45) is 0. The summed E-state index contributed by atoms with van der Waals surface area (Å²) in [4.78, 5) is 13.0. The third-order valence-corrected chi connectivity index (χ3v) is 6.68. The molecule has 3 aromatic carbocycles. The first-order valence-electron chi connectivity index (χ1n) is 9.20. The van der Waals surface area contributed by atoms with Crippen LogP contribution in [0.3, 0.4) is 0 Å². The number of benzene rings is 3. The quantitative estimate of drug-likeness (QED) is 0.494. The molecular formula is C22H21BrN2O5S. The summed E-state index contributed by atoms with van der Waals surface area (Å²) in [5, 5.41) is 2.71. The molecule has 0 unspecified atom stereocenters. The highest BCUT2D eigenvalue weighted by atomic mass is 79.9. The van der Waals surface area contributed by atoms with Crippen molar-refractivity contribution in [3.63, 3.8) is 0 Å². The van der Waals surface area contributed by atoms with Crippen molar-refractivity contribution in [2.75, 3.05) is 30.4 Å². The van der Waals surface area contributed by atoms with Crippen molar-refractivity contribution in [1.82, 2.24) is 0 Å². The van der Waals surface area contributed by atoms with Gasteiger partial charge in [0.2, 0.25) is 5.91 Å². The van der Waals surface area contributed by atoms with Gasteiger partial charge in [-0.05, 0) is 42.5 Å². The van der Waals surface area contributed by atoms with Crippen molar-refractivity contribution < 1.29 is 22.7 Å². The molecule has 1 N–H and O–H groups in total. The summed E-state index contributed by atoms with van der Waals surface area (Å²) in [6, 6.07) is 19.7. The summed E-state index contributed by atoms with van der Waals surface area (Å²) in [6.45, 7) is -0.428. The molecular weight excluding hydrogens is 484 g/mol. The molecule has 3 aromatic rings. The molecule has 0 aliphatic rings. The van der Waals surface area contributed by atoms with Gasteiger partial charge < -0.3 is 14.8 Å². The highest BCUT2D eigenvalue weighted by Gasteiger charge is 2.27. The third-order valence-electron chi connectivity index (χ3n) is 4.40. The number of hydrogen-bond acceptors (Lipinski definition) is 5. The van der Waals surface area contributed by atoms with Crippen molar-refractivity contribution in [2.45, 2.75) is 4.90 Å². The van der Waals surface area contributed by atoms with Gasteiger partial charge in [0.05, 0.1) is 30.5 Å². The molecule has 0 saturated heterocycles. The van der Waals surface area contributed by atoms with Gasteiger partial charge in [-0.25, -0.2) is 8.42 Å². The van der Waals surface area contributed by atoms with Gasteiger partial charge in [-0.1, -0.05) is 40.2 Å². The molecule has 0 bridgehead atoms. The second-order valence-electron chi connectivity index (χ2n) is 6.42. The number of nitrogens with zero attached hydrogens (tertiary/aromatic N) is 1. The van der Waals surface area contributed by atoms with Crippen LogP contribution >= 0.6 is 15.9 Å². The average molecular weight is 505 g/mol. The van der Waals surface area contributed by atoms with Crippen LogP contribution in [0.5, 0.6) is 11.5 Å². The van der Waals surface area contributed by atoms with Gasteiger partial charge in [0, 0.05) is 10.5 Å². The highest BCUT2D eigenvalue weighted by Crippen LogP contribution is 2.30. The number of carbonyl (C=O) groups is 1. The van der Waals surface area contributed by atoms with Crippen LogP contribution in [0.15, 0.2) is 82.2 Å². The van der Waals surface area contributed by atoms with E-state index < -0.39 is 22.5 Å². The fourth-order valence-electron chi connectivity index (χ4n) is 2.89. The number of sulfonamides is 1. The number of ether oxygens (including phenoxy) is 2. The normalized spacial score (nSPS) is 10.9. The van der Waals surface area contributed by atoms with Gasteiger partial charge in [-0.3, -0.25) is 9.10 Å². The van der Waals surface area contributed by atoms with Crippen LogP contribution in [0.25, 0.3) is 0 Å². The number of carbonyl (C=O) groups excluding carboxylic acids is 1. The van der Waals surface area contributed by atoms with Crippen LogP contribution in [0.2, 0.25) is 0 Å². The standard InChI is InChI=1S/C22H21BrN2O5S/c1-29-18-11-12-20(21(14-18)30-2)24-22(26)15-25(17-8-6-7-16(23)13-17)31(27,28)19-9-4-3-5-10-19/h3-14H,15H2,1-2H3,(H,24,26). The number of hydrogen-bond donors (Lipinski definition) is 1. The molecule has 162 valence electrons. The fraction of sp³-hybridized carbons (Fsp3) is 0.136. The molecule has 0 heterocycles. The lowest BCUT2D eigenvalue weighted by Crippen LogP contribution is -2.38. The summed E-state index contributed by atoms with van der Waals surface area (Å²) >= 11 is 3.36. The monoisotopic (exact) mass is 504 g/mol. The summed E-state index contributed by atoms with van der Waals surface area (Å²) in [5.41, 5.74) is 0.759. The van der Waals surface area contributed by atoms with E-state index in [-0.39, 0.29) is 4.90 Å². The number of methoxy groups -OCH3 is 2. The molecule has 0 spiro atoms. The summed E-state index contributed by atoms with van der Waals surface area (Å²) < 4.78 is 38.9. The van der Waals surface area contributed by atoms with E-state index in [1.54, 1.807) is 60.7 Å². The minimum absolute atomic E-state index is 0.0878. The third kappa shape index (κ3) is 5.36. The molecule has 9 heteroatoms. The number of amides is 1. The maximum atomic E-state index is 13.3. The number of anilines is 2. The van der Waals surface area contributed by atoms with Crippen molar-refractivity contribution in [2.24, 2.45) is 0 Å². The Kier molecular flexibility index (Phi) is 7.19. The maximum Gasteiger partial charge on any atom is 0.264 e. The van der Waals surface area contributed by atoms with Gasteiger partial charge >= 0.3 is 0 Å². The Morgan fingerprint density at radius 2 is 1.71 bits per heavy atom. The van der Waals surface area contributed by atoms with Crippen LogP contribution in [0.4, 0.5) is 11.4 Å². The second kappa shape index (κ2) is 9.84. The van der Waals surface area contributed by atoms with Gasteiger partial charge in [-0.15, -0.1) is 0 Å². The van der Waals surface area contributed by atoms with Crippen LogP contribution in [-0.2, 0) is 14.8 Å². The molecule has 0 saturated carbocycles. The van der Waals surface area contributed by atoms with E-state index >= 15 is 0 Å². The Labute approximate surface area is 189 Å². The lowest BCUT2D eigenvalue weighted by molar-refractivity contribution is -0.114. The average Bonchev–Trinajstić information content (AvgIpc) is 2.78. The lowest BCUT2D eigenvalue weighted by atomic mass is 10.2. The van der Waals surface area contributed by atoms with Gasteiger partial charge in [-0.2, -0.15) is 0 Å². The molecule has 0 aliphatic carbocycles. The molecule has 0 radical (unpaired) electrons. The molecule has 3 rings (SSSR count). The first-order chi connectivity index (χ1) is 14.8. The Morgan fingerprint density at radius 3 is 2.35 bits per heavy atom. The SMILES string of the molecule is COc1ccc(NC(=O)CN(c2cccc(Br)c2)S(=O)(=O)c2ccccc2)c(OC)c1. The zero-order chi connectivity index (χ0) is 22.4. The van der Waals surface area contributed by atoms with Crippen molar-refractivity contribution in [3.8, 4) is 11.5 Å². The summed E-state index contributed by atoms with van der Waals surface area (Å²) in [7, 11) is -0.989. The number of halogens is 1. The Hall–Kier alpha value is -3.04. The molecule has 0 fully saturated rings. The predicted octanol–water partition coefficient (Wildman–Crippen LogP) is 4.30. The van der Waals surface area contributed by atoms with E-state index in [0.29, 0.717) is 27.3 Å². The number of rotatable bonds is 8. The van der Waals surface area contributed by atoms with Gasteiger partial charge in [0.25, 0.3) is 10.0 Å². The minimum Gasteiger partial charge on any atom is -0.497 e. The van der Waals surface area contributed by atoms with E-state index in [1.165, 1.54) is 26.4 Å². The smallest absolute Gasteiger partial charge is 0.264 e. The zero-order valence-electron chi connectivity index (χ0n) is 16.9. The molecule has 1 amide bonds. The van der Waals surface area contributed by atoms with Gasteiger partial charge in [0.1, 0.15) is 18.0 Å². The zero-order valence-corrected chi connectivity index (χ0v) is 19.3.